The molecule has 0 saturated carbocycles. The molecule has 1 N–H and O–H groups in total. The number of rotatable bonds is 4. The monoisotopic (exact) mass is 237 g/mol. The van der Waals surface area contributed by atoms with Gasteiger partial charge in [-0.25, -0.2) is 8.78 Å². The minimum Gasteiger partial charge on any atom is -0.467 e. The minimum absolute atomic E-state index is 0.259. The van der Waals surface area contributed by atoms with Gasteiger partial charge < -0.3 is 9.73 Å². The summed E-state index contributed by atoms with van der Waals surface area (Å²) in [7, 11) is 0. The second kappa shape index (κ2) is 5.10. The second-order valence-corrected chi connectivity index (χ2v) is 3.68. The highest BCUT2D eigenvalue weighted by Crippen LogP contribution is 2.23. The van der Waals surface area contributed by atoms with Crippen LogP contribution in [0.4, 0.5) is 8.78 Å². The molecule has 0 saturated heterocycles. The molecule has 0 aliphatic heterocycles. The Morgan fingerprint density at radius 3 is 2.65 bits per heavy atom. The van der Waals surface area contributed by atoms with E-state index < -0.39 is 11.6 Å². The highest BCUT2D eigenvalue weighted by molar-refractivity contribution is 5.27. The maximum absolute atomic E-state index is 13.2. The van der Waals surface area contributed by atoms with Crippen molar-refractivity contribution < 1.29 is 13.2 Å². The van der Waals surface area contributed by atoms with Crippen molar-refractivity contribution in [1.82, 2.24) is 5.32 Å². The van der Waals surface area contributed by atoms with Crippen LogP contribution in [0.2, 0.25) is 0 Å². The topological polar surface area (TPSA) is 25.2 Å². The zero-order valence-electron chi connectivity index (χ0n) is 9.41. The van der Waals surface area contributed by atoms with E-state index >= 15 is 0 Å². The maximum atomic E-state index is 13.2. The third-order valence-electron chi connectivity index (χ3n) is 2.51. The van der Waals surface area contributed by atoms with Gasteiger partial charge >= 0.3 is 0 Å². The number of hydrogen-bond donors (Lipinski definition) is 1. The maximum Gasteiger partial charge on any atom is 0.159 e. The number of benzene rings is 1. The fourth-order valence-electron chi connectivity index (χ4n) is 1.73. The van der Waals surface area contributed by atoms with E-state index in [9.17, 15) is 8.78 Å². The van der Waals surface area contributed by atoms with E-state index in [0.29, 0.717) is 17.9 Å². The van der Waals surface area contributed by atoms with Gasteiger partial charge in [0.25, 0.3) is 0 Å². The first-order valence-corrected chi connectivity index (χ1v) is 5.44. The van der Waals surface area contributed by atoms with E-state index in [-0.39, 0.29) is 6.04 Å². The molecule has 1 aromatic heterocycles. The van der Waals surface area contributed by atoms with Gasteiger partial charge in [-0.3, -0.25) is 0 Å². The van der Waals surface area contributed by atoms with Gasteiger partial charge in [0.05, 0.1) is 12.3 Å². The van der Waals surface area contributed by atoms with E-state index in [4.69, 9.17) is 4.42 Å². The SMILES string of the molecule is CCNC(c1ccc(F)c(F)c1)c1ccco1. The standard InChI is InChI=1S/C13H13F2NO/c1-2-16-13(12-4-3-7-17-12)9-5-6-10(14)11(15)8-9/h3-8,13,16H,2H2,1H3. The number of furan rings is 1. The predicted molar refractivity (Wildman–Crippen MR) is 60.6 cm³/mol. The van der Waals surface area contributed by atoms with Gasteiger partial charge in [-0.05, 0) is 36.4 Å². The molecule has 2 nitrogen and oxygen atoms in total. The Morgan fingerprint density at radius 1 is 1.24 bits per heavy atom. The molecule has 1 atom stereocenters. The molecule has 17 heavy (non-hydrogen) atoms. The van der Waals surface area contributed by atoms with Gasteiger partial charge in [0.1, 0.15) is 5.76 Å². The van der Waals surface area contributed by atoms with Crippen molar-refractivity contribution in [3.05, 3.63) is 59.6 Å². The first-order valence-electron chi connectivity index (χ1n) is 5.44. The third kappa shape index (κ3) is 2.53. The summed E-state index contributed by atoms with van der Waals surface area (Å²) in [5, 5.41) is 3.17. The van der Waals surface area contributed by atoms with Gasteiger partial charge in [-0.2, -0.15) is 0 Å². The van der Waals surface area contributed by atoms with Crippen LogP contribution in [0, 0.1) is 11.6 Å². The van der Waals surface area contributed by atoms with Crippen LogP contribution in [-0.4, -0.2) is 6.54 Å². The summed E-state index contributed by atoms with van der Waals surface area (Å²) < 4.78 is 31.4. The molecule has 0 amide bonds. The van der Waals surface area contributed by atoms with E-state index in [2.05, 4.69) is 5.32 Å². The number of nitrogens with one attached hydrogen (secondary N) is 1. The van der Waals surface area contributed by atoms with Crippen molar-refractivity contribution in [1.29, 1.82) is 0 Å². The summed E-state index contributed by atoms with van der Waals surface area (Å²) in [4.78, 5) is 0. The predicted octanol–water partition coefficient (Wildman–Crippen LogP) is 3.26. The van der Waals surface area contributed by atoms with Gasteiger partial charge in [0.2, 0.25) is 0 Å². The second-order valence-electron chi connectivity index (χ2n) is 3.68. The quantitative estimate of drug-likeness (QED) is 0.883. The van der Waals surface area contributed by atoms with Crippen molar-refractivity contribution >= 4 is 0 Å². The highest BCUT2D eigenvalue weighted by Gasteiger charge is 2.17. The lowest BCUT2D eigenvalue weighted by Gasteiger charge is -2.16. The Bertz CT molecular complexity index is 482. The minimum atomic E-state index is -0.850. The van der Waals surface area contributed by atoms with Crippen LogP contribution in [0.3, 0.4) is 0 Å². The molecule has 0 fully saturated rings. The van der Waals surface area contributed by atoms with E-state index in [1.165, 1.54) is 6.07 Å². The normalized spacial score (nSPS) is 12.6. The lowest BCUT2D eigenvalue weighted by Crippen LogP contribution is -2.21. The van der Waals surface area contributed by atoms with Crippen LogP contribution in [0.1, 0.15) is 24.3 Å². The third-order valence-corrected chi connectivity index (χ3v) is 2.51. The van der Waals surface area contributed by atoms with Crippen LogP contribution < -0.4 is 5.32 Å². The summed E-state index contributed by atoms with van der Waals surface area (Å²) in [6.45, 7) is 2.64. The molecule has 0 spiro atoms. The summed E-state index contributed by atoms with van der Waals surface area (Å²) in [5.41, 5.74) is 0.640. The molecule has 2 rings (SSSR count). The zero-order valence-corrected chi connectivity index (χ0v) is 9.41. The number of halogens is 2. The lowest BCUT2D eigenvalue weighted by molar-refractivity contribution is 0.448. The Morgan fingerprint density at radius 2 is 2.06 bits per heavy atom. The molecular formula is C13H13F2NO. The lowest BCUT2D eigenvalue weighted by atomic mass is 10.0. The Hall–Kier alpha value is -1.68. The first-order chi connectivity index (χ1) is 8.22. The van der Waals surface area contributed by atoms with Gasteiger partial charge in [0, 0.05) is 0 Å². The molecule has 4 heteroatoms. The van der Waals surface area contributed by atoms with Crippen LogP contribution in [0.15, 0.2) is 41.0 Å². The van der Waals surface area contributed by atoms with Crippen molar-refractivity contribution in [2.24, 2.45) is 0 Å². The fourth-order valence-corrected chi connectivity index (χ4v) is 1.73. The van der Waals surface area contributed by atoms with Crippen molar-refractivity contribution in [2.75, 3.05) is 6.54 Å². The molecule has 1 unspecified atom stereocenters. The summed E-state index contributed by atoms with van der Waals surface area (Å²) in [6, 6.07) is 7.16. The largest absolute Gasteiger partial charge is 0.467 e. The van der Waals surface area contributed by atoms with Crippen molar-refractivity contribution in [3.63, 3.8) is 0 Å². The molecule has 0 radical (unpaired) electrons. The fraction of sp³-hybridized carbons (Fsp3) is 0.231. The number of hydrogen-bond acceptors (Lipinski definition) is 2. The molecule has 1 aromatic carbocycles. The Balaban J connectivity index is 2.35. The van der Waals surface area contributed by atoms with Crippen LogP contribution >= 0.6 is 0 Å². The first kappa shape index (κ1) is 11.8. The van der Waals surface area contributed by atoms with Gasteiger partial charge in [-0.15, -0.1) is 0 Å². The average molecular weight is 237 g/mol. The Kier molecular flexibility index (Phi) is 3.54. The molecule has 2 aromatic rings. The van der Waals surface area contributed by atoms with Crippen LogP contribution in [0.25, 0.3) is 0 Å². The Labute approximate surface area is 98.3 Å². The van der Waals surface area contributed by atoms with Gasteiger partial charge in [-0.1, -0.05) is 13.0 Å². The summed E-state index contributed by atoms with van der Waals surface area (Å²) >= 11 is 0. The molecular weight excluding hydrogens is 224 g/mol. The average Bonchev–Trinajstić information content (AvgIpc) is 2.83. The van der Waals surface area contributed by atoms with Gasteiger partial charge in [0.15, 0.2) is 11.6 Å². The van der Waals surface area contributed by atoms with Crippen molar-refractivity contribution in [3.8, 4) is 0 Å². The summed E-state index contributed by atoms with van der Waals surface area (Å²) in [6.07, 6.45) is 1.56. The molecule has 0 aliphatic rings. The van der Waals surface area contributed by atoms with E-state index in [1.54, 1.807) is 24.5 Å². The molecule has 1 heterocycles. The zero-order chi connectivity index (χ0) is 12.3. The smallest absolute Gasteiger partial charge is 0.159 e. The van der Waals surface area contributed by atoms with E-state index in [1.807, 2.05) is 6.92 Å². The molecule has 0 aliphatic carbocycles. The van der Waals surface area contributed by atoms with Crippen LogP contribution in [0.5, 0.6) is 0 Å². The van der Waals surface area contributed by atoms with E-state index in [0.717, 1.165) is 6.07 Å². The molecule has 90 valence electrons. The molecule has 0 bridgehead atoms. The highest BCUT2D eigenvalue weighted by atomic mass is 19.2. The van der Waals surface area contributed by atoms with Crippen LogP contribution in [-0.2, 0) is 0 Å². The summed E-state index contributed by atoms with van der Waals surface area (Å²) in [5.74, 6) is -1.02. The van der Waals surface area contributed by atoms with Crippen molar-refractivity contribution in [2.45, 2.75) is 13.0 Å².